The molecular weight excluding hydrogens is 275 g/mol. The summed E-state index contributed by atoms with van der Waals surface area (Å²) in [6, 6.07) is 10.8. The van der Waals surface area contributed by atoms with Crippen LogP contribution in [0.3, 0.4) is 0 Å². The summed E-state index contributed by atoms with van der Waals surface area (Å²) in [4.78, 5) is 0. The molecule has 0 radical (unpaired) electrons. The average molecular weight is 293 g/mol. The van der Waals surface area contributed by atoms with Crippen LogP contribution in [0.2, 0.25) is 5.02 Å². The van der Waals surface area contributed by atoms with Gasteiger partial charge in [-0.05, 0) is 48.6 Å². The molecule has 0 amide bonds. The third-order valence-corrected chi connectivity index (χ3v) is 4.10. The van der Waals surface area contributed by atoms with E-state index in [1.165, 1.54) is 17.2 Å². The number of hydrogen-bond acceptors (Lipinski definition) is 2. The Morgan fingerprint density at radius 1 is 1.20 bits per heavy atom. The van der Waals surface area contributed by atoms with Crippen molar-refractivity contribution in [3.05, 3.63) is 69.5 Å². The lowest BCUT2D eigenvalue weighted by Crippen LogP contribution is -2.30. The fourth-order valence-electron chi connectivity index (χ4n) is 2.34. The van der Waals surface area contributed by atoms with Crippen molar-refractivity contribution in [3.8, 4) is 0 Å². The Morgan fingerprint density at radius 2 is 1.90 bits per heavy atom. The van der Waals surface area contributed by atoms with Gasteiger partial charge in [0, 0.05) is 0 Å². The first kappa shape index (κ1) is 15.0. The van der Waals surface area contributed by atoms with Gasteiger partial charge in [0.05, 0.1) is 11.1 Å². The van der Waals surface area contributed by atoms with Crippen LogP contribution in [-0.2, 0) is 6.42 Å². The van der Waals surface area contributed by atoms with Gasteiger partial charge >= 0.3 is 0 Å². The maximum absolute atomic E-state index is 13.5. The van der Waals surface area contributed by atoms with E-state index in [1.54, 1.807) is 6.07 Å². The minimum absolute atomic E-state index is 0.103. The molecule has 4 heteroatoms. The molecule has 0 heterocycles. The van der Waals surface area contributed by atoms with Gasteiger partial charge in [-0.1, -0.05) is 41.9 Å². The summed E-state index contributed by atoms with van der Waals surface area (Å²) >= 11 is 6.01. The molecule has 20 heavy (non-hydrogen) atoms. The molecule has 106 valence electrons. The first-order valence-corrected chi connectivity index (χ1v) is 6.87. The molecule has 2 aromatic carbocycles. The molecule has 2 rings (SSSR count). The monoisotopic (exact) mass is 292 g/mol. The largest absolute Gasteiger partial charge is 0.271 e. The summed E-state index contributed by atoms with van der Waals surface area (Å²) in [5.74, 6) is 5.27. The summed E-state index contributed by atoms with van der Waals surface area (Å²) < 4.78 is 13.5. The smallest absolute Gasteiger partial charge is 0.142 e. The van der Waals surface area contributed by atoms with Gasteiger partial charge in [0.25, 0.3) is 0 Å². The molecule has 0 aromatic heterocycles. The van der Waals surface area contributed by atoms with Crippen molar-refractivity contribution < 1.29 is 4.39 Å². The van der Waals surface area contributed by atoms with Gasteiger partial charge in [0.2, 0.25) is 0 Å². The highest BCUT2D eigenvalue weighted by atomic mass is 35.5. The van der Waals surface area contributed by atoms with Crippen molar-refractivity contribution >= 4 is 11.6 Å². The van der Waals surface area contributed by atoms with Crippen molar-refractivity contribution in [1.29, 1.82) is 0 Å². The van der Waals surface area contributed by atoms with Crippen molar-refractivity contribution in [3.63, 3.8) is 0 Å². The van der Waals surface area contributed by atoms with E-state index in [9.17, 15) is 4.39 Å². The lowest BCUT2D eigenvalue weighted by Gasteiger charge is -2.20. The summed E-state index contributed by atoms with van der Waals surface area (Å²) in [7, 11) is 0. The predicted molar refractivity (Wildman–Crippen MR) is 81.1 cm³/mol. The maximum Gasteiger partial charge on any atom is 0.142 e. The number of benzene rings is 2. The highest BCUT2D eigenvalue weighted by Crippen LogP contribution is 2.27. The second-order valence-electron chi connectivity index (χ2n) is 4.93. The van der Waals surface area contributed by atoms with Crippen molar-refractivity contribution in [2.45, 2.75) is 26.3 Å². The Morgan fingerprint density at radius 3 is 2.60 bits per heavy atom. The fourth-order valence-corrected chi connectivity index (χ4v) is 2.54. The van der Waals surface area contributed by atoms with Crippen LogP contribution < -0.4 is 11.3 Å². The third-order valence-electron chi connectivity index (χ3n) is 3.68. The molecule has 0 saturated carbocycles. The van der Waals surface area contributed by atoms with Crippen LogP contribution in [0.4, 0.5) is 4.39 Å². The fraction of sp³-hybridized carbons (Fsp3) is 0.250. The zero-order chi connectivity index (χ0) is 14.7. The molecule has 1 atom stereocenters. The van der Waals surface area contributed by atoms with Gasteiger partial charge in [-0.3, -0.25) is 11.3 Å². The standard InChI is InChI=1S/C16H18ClFN2/c1-10-5-3-7-13(11(10)2)15(20-19)9-12-6-4-8-14(18)16(12)17/h3-8,15,20H,9,19H2,1-2H3. The maximum atomic E-state index is 13.5. The van der Waals surface area contributed by atoms with E-state index < -0.39 is 5.82 Å². The molecule has 0 saturated heterocycles. The van der Waals surface area contributed by atoms with Gasteiger partial charge in [-0.15, -0.1) is 0 Å². The number of nitrogens with two attached hydrogens (primary N) is 1. The second kappa shape index (κ2) is 6.35. The molecule has 3 N–H and O–H groups in total. The Bertz CT molecular complexity index is 613. The van der Waals surface area contributed by atoms with E-state index in [0.717, 1.165) is 11.1 Å². The van der Waals surface area contributed by atoms with Crippen LogP contribution in [0.1, 0.15) is 28.3 Å². The molecular formula is C16H18ClFN2. The van der Waals surface area contributed by atoms with E-state index >= 15 is 0 Å². The van der Waals surface area contributed by atoms with Crippen molar-refractivity contribution in [2.24, 2.45) is 5.84 Å². The molecule has 0 aliphatic heterocycles. The highest BCUT2D eigenvalue weighted by Gasteiger charge is 2.16. The lowest BCUT2D eigenvalue weighted by molar-refractivity contribution is 0.546. The number of hydrazine groups is 1. The first-order chi connectivity index (χ1) is 9.54. The zero-order valence-corrected chi connectivity index (χ0v) is 12.3. The molecule has 1 unspecified atom stereocenters. The molecule has 2 aromatic rings. The van der Waals surface area contributed by atoms with E-state index in [0.29, 0.717) is 6.42 Å². The average Bonchev–Trinajstić information content (AvgIpc) is 2.44. The summed E-state index contributed by atoms with van der Waals surface area (Å²) in [6.45, 7) is 4.11. The van der Waals surface area contributed by atoms with Crippen molar-refractivity contribution in [1.82, 2.24) is 5.43 Å². The molecule has 0 bridgehead atoms. The zero-order valence-electron chi connectivity index (χ0n) is 11.6. The molecule has 0 fully saturated rings. The topological polar surface area (TPSA) is 38.0 Å². The highest BCUT2D eigenvalue weighted by molar-refractivity contribution is 6.31. The van der Waals surface area contributed by atoms with Crippen molar-refractivity contribution in [2.75, 3.05) is 0 Å². The summed E-state index contributed by atoms with van der Waals surface area (Å²) in [6.07, 6.45) is 0.539. The number of rotatable bonds is 4. The number of hydrogen-bond donors (Lipinski definition) is 2. The SMILES string of the molecule is Cc1cccc(C(Cc2cccc(F)c2Cl)NN)c1C. The molecule has 0 spiro atoms. The minimum Gasteiger partial charge on any atom is -0.271 e. The van der Waals surface area contributed by atoms with Crippen LogP contribution in [0.5, 0.6) is 0 Å². The van der Waals surface area contributed by atoms with Crippen LogP contribution in [-0.4, -0.2) is 0 Å². The predicted octanol–water partition coefficient (Wildman–Crippen LogP) is 3.84. The van der Waals surface area contributed by atoms with Gasteiger partial charge in [0.1, 0.15) is 5.82 Å². The second-order valence-corrected chi connectivity index (χ2v) is 5.30. The lowest BCUT2D eigenvalue weighted by atomic mass is 9.93. The van der Waals surface area contributed by atoms with Gasteiger partial charge in [-0.25, -0.2) is 4.39 Å². The van der Waals surface area contributed by atoms with Gasteiger partial charge in [0.15, 0.2) is 0 Å². The normalized spacial score (nSPS) is 12.4. The molecule has 2 nitrogen and oxygen atoms in total. The Kier molecular flexibility index (Phi) is 4.76. The van der Waals surface area contributed by atoms with Gasteiger partial charge < -0.3 is 0 Å². The molecule has 0 aliphatic carbocycles. The Balaban J connectivity index is 2.34. The van der Waals surface area contributed by atoms with Crippen LogP contribution in [0.15, 0.2) is 36.4 Å². The summed E-state index contributed by atoms with van der Waals surface area (Å²) in [5, 5.41) is 0.165. The number of halogens is 2. The minimum atomic E-state index is -0.402. The third kappa shape index (κ3) is 3.01. The van der Waals surface area contributed by atoms with Gasteiger partial charge in [-0.2, -0.15) is 0 Å². The first-order valence-electron chi connectivity index (χ1n) is 6.49. The van der Waals surface area contributed by atoms with E-state index in [1.807, 2.05) is 18.2 Å². The van der Waals surface area contributed by atoms with E-state index in [-0.39, 0.29) is 11.1 Å². The Hall–Kier alpha value is -1.42. The summed E-state index contributed by atoms with van der Waals surface area (Å²) in [5.41, 5.74) is 7.04. The molecule has 0 aliphatic rings. The van der Waals surface area contributed by atoms with E-state index in [4.69, 9.17) is 17.4 Å². The van der Waals surface area contributed by atoms with Crippen LogP contribution in [0, 0.1) is 19.7 Å². The number of nitrogens with one attached hydrogen (secondary N) is 1. The van der Waals surface area contributed by atoms with Crippen LogP contribution >= 0.6 is 11.6 Å². The number of aryl methyl sites for hydroxylation is 1. The van der Waals surface area contributed by atoms with E-state index in [2.05, 4.69) is 25.3 Å². The Labute approximate surface area is 123 Å². The quantitative estimate of drug-likeness (QED) is 0.664. The van der Waals surface area contributed by atoms with Crippen LogP contribution in [0.25, 0.3) is 0 Å².